The number of anilines is 1. The first-order valence-corrected chi connectivity index (χ1v) is 11.3. The zero-order valence-electron chi connectivity index (χ0n) is 18.7. The van der Waals surface area contributed by atoms with Gasteiger partial charge in [-0.3, -0.25) is 4.98 Å². The fourth-order valence-corrected chi connectivity index (χ4v) is 4.52. The summed E-state index contributed by atoms with van der Waals surface area (Å²) < 4.78 is 1.44. The number of hydrogen-bond acceptors (Lipinski definition) is 6. The van der Waals surface area contributed by atoms with Crippen LogP contribution in [0.3, 0.4) is 0 Å². The van der Waals surface area contributed by atoms with Gasteiger partial charge in [-0.2, -0.15) is 4.98 Å². The molecule has 3 aromatic rings. The summed E-state index contributed by atoms with van der Waals surface area (Å²) in [5, 5.41) is 10.2. The van der Waals surface area contributed by atoms with E-state index in [2.05, 4.69) is 15.0 Å². The highest BCUT2D eigenvalue weighted by Crippen LogP contribution is 2.33. The molecule has 11 heteroatoms. The van der Waals surface area contributed by atoms with Gasteiger partial charge in [0, 0.05) is 31.9 Å². The van der Waals surface area contributed by atoms with Crippen molar-refractivity contribution in [3.05, 3.63) is 50.2 Å². The van der Waals surface area contributed by atoms with Gasteiger partial charge in [-0.1, -0.05) is 37.0 Å². The number of amides is 1. The summed E-state index contributed by atoms with van der Waals surface area (Å²) in [7, 11) is 0. The Morgan fingerprint density at radius 1 is 1.24 bits per heavy atom. The van der Waals surface area contributed by atoms with E-state index in [0.29, 0.717) is 35.6 Å². The van der Waals surface area contributed by atoms with Crippen LogP contribution in [0.4, 0.5) is 10.6 Å². The number of carbonyl (C=O) groups is 1. The zero-order valence-corrected chi connectivity index (χ0v) is 20.2. The summed E-state index contributed by atoms with van der Waals surface area (Å²) in [4.78, 5) is 41.6. The summed E-state index contributed by atoms with van der Waals surface area (Å²) in [5.74, 6) is 0.455. The number of aryl methyl sites for hydroxylation is 1. The Bertz CT molecular complexity index is 1310. The molecule has 0 spiro atoms. The van der Waals surface area contributed by atoms with E-state index in [0.717, 1.165) is 11.3 Å². The van der Waals surface area contributed by atoms with Gasteiger partial charge in [0.1, 0.15) is 11.0 Å². The van der Waals surface area contributed by atoms with Gasteiger partial charge < -0.3 is 14.9 Å². The van der Waals surface area contributed by atoms with Crippen LogP contribution in [0.1, 0.15) is 37.9 Å². The Balaban J connectivity index is 1.99. The molecule has 1 aliphatic rings. The molecule has 4 rings (SSSR count). The number of hydrogen-bond donors (Lipinski definition) is 1. The van der Waals surface area contributed by atoms with E-state index in [-0.39, 0.29) is 28.7 Å². The molecule has 1 N–H and O–H groups in total. The van der Waals surface area contributed by atoms with Gasteiger partial charge in [-0.25, -0.2) is 19.1 Å². The van der Waals surface area contributed by atoms with E-state index < -0.39 is 11.8 Å². The average molecular weight is 491 g/mol. The molecular weight excluding hydrogens is 467 g/mol. The highest BCUT2D eigenvalue weighted by atomic mass is 35.5. The van der Waals surface area contributed by atoms with Crippen molar-refractivity contribution in [2.24, 2.45) is 0 Å². The number of nitrogens with zero attached hydrogens (tertiary/aromatic N) is 6. The summed E-state index contributed by atoms with van der Waals surface area (Å²) in [6.45, 7) is 8.75. The van der Waals surface area contributed by atoms with Crippen LogP contribution in [0.25, 0.3) is 16.7 Å². The van der Waals surface area contributed by atoms with Gasteiger partial charge in [0.05, 0.1) is 21.8 Å². The molecule has 4 heterocycles. The molecule has 0 radical (unpaired) electrons. The second-order valence-corrected chi connectivity index (χ2v) is 9.24. The molecule has 0 saturated carbocycles. The van der Waals surface area contributed by atoms with Crippen molar-refractivity contribution < 1.29 is 9.90 Å². The number of aromatic nitrogens is 4. The topological polar surface area (TPSA) is 104 Å². The minimum atomic E-state index is -0.973. The normalized spacial score (nSPS) is 16.6. The molecule has 0 aliphatic carbocycles. The quantitative estimate of drug-likeness (QED) is 0.550. The molecule has 174 valence electrons. The predicted octanol–water partition coefficient (Wildman–Crippen LogP) is 4.10. The van der Waals surface area contributed by atoms with Crippen molar-refractivity contribution >= 4 is 46.1 Å². The highest BCUT2D eigenvalue weighted by Gasteiger charge is 2.30. The van der Waals surface area contributed by atoms with Crippen LogP contribution in [0, 0.1) is 6.92 Å². The van der Waals surface area contributed by atoms with E-state index >= 15 is 0 Å². The first-order chi connectivity index (χ1) is 15.6. The number of piperazine rings is 1. The number of fused-ring (bicyclic) bond motifs is 1. The van der Waals surface area contributed by atoms with E-state index in [9.17, 15) is 14.7 Å². The number of carboxylic acid groups (broad SMARTS) is 1. The third-order valence-corrected chi connectivity index (χ3v) is 6.53. The van der Waals surface area contributed by atoms with Gasteiger partial charge in [0.2, 0.25) is 0 Å². The zero-order chi connectivity index (χ0) is 24.0. The Morgan fingerprint density at radius 2 is 1.97 bits per heavy atom. The Hall–Kier alpha value is -2.91. The van der Waals surface area contributed by atoms with Gasteiger partial charge in [-0.05, 0) is 37.5 Å². The van der Waals surface area contributed by atoms with E-state index in [1.165, 1.54) is 9.47 Å². The van der Waals surface area contributed by atoms with Crippen LogP contribution in [-0.4, -0.2) is 61.3 Å². The molecule has 1 saturated heterocycles. The van der Waals surface area contributed by atoms with Crippen LogP contribution in [-0.2, 0) is 0 Å². The van der Waals surface area contributed by atoms with E-state index in [1.807, 2.05) is 38.7 Å². The van der Waals surface area contributed by atoms with Gasteiger partial charge >= 0.3 is 11.8 Å². The van der Waals surface area contributed by atoms with Crippen molar-refractivity contribution in [1.29, 1.82) is 0 Å². The van der Waals surface area contributed by atoms with Crippen LogP contribution < -0.4 is 10.6 Å². The lowest BCUT2D eigenvalue weighted by atomic mass is 10.0. The molecule has 1 aliphatic heterocycles. The molecule has 0 unspecified atom stereocenters. The first kappa shape index (κ1) is 23.3. The van der Waals surface area contributed by atoms with Crippen LogP contribution in [0.15, 0.2) is 23.1 Å². The molecular formula is C22H24Cl2N6O3. The molecule has 33 heavy (non-hydrogen) atoms. The monoisotopic (exact) mass is 490 g/mol. The second-order valence-electron chi connectivity index (χ2n) is 8.47. The lowest BCUT2D eigenvalue weighted by Gasteiger charge is -2.39. The Kier molecular flexibility index (Phi) is 6.20. The van der Waals surface area contributed by atoms with Gasteiger partial charge in [0.25, 0.3) is 0 Å². The third kappa shape index (κ3) is 4.11. The number of pyridine rings is 2. The molecule has 1 atom stereocenters. The fourth-order valence-electron chi connectivity index (χ4n) is 4.24. The van der Waals surface area contributed by atoms with Crippen molar-refractivity contribution in [3.8, 4) is 5.69 Å². The average Bonchev–Trinajstić information content (AvgIpc) is 2.75. The van der Waals surface area contributed by atoms with Crippen molar-refractivity contribution in [2.45, 2.75) is 39.7 Å². The first-order valence-electron chi connectivity index (χ1n) is 10.6. The fraction of sp³-hybridized carbons (Fsp3) is 0.409. The number of halogens is 2. The summed E-state index contributed by atoms with van der Waals surface area (Å²) in [5.41, 5.74) is 2.02. The minimum absolute atomic E-state index is 0.0495. The Morgan fingerprint density at radius 3 is 2.61 bits per heavy atom. The smallest absolute Gasteiger partial charge is 0.407 e. The van der Waals surface area contributed by atoms with Gasteiger partial charge in [0.15, 0.2) is 5.65 Å². The largest absolute Gasteiger partial charge is 0.465 e. The van der Waals surface area contributed by atoms with Crippen LogP contribution in [0.5, 0.6) is 0 Å². The summed E-state index contributed by atoms with van der Waals surface area (Å²) >= 11 is 12.6. The maximum atomic E-state index is 13.5. The Labute approximate surface area is 200 Å². The second kappa shape index (κ2) is 8.79. The predicted molar refractivity (Wildman–Crippen MR) is 128 cm³/mol. The van der Waals surface area contributed by atoms with Crippen LogP contribution >= 0.6 is 23.2 Å². The molecule has 0 bridgehead atoms. The van der Waals surface area contributed by atoms with E-state index in [4.69, 9.17) is 23.2 Å². The molecule has 9 nitrogen and oxygen atoms in total. The lowest BCUT2D eigenvalue weighted by Crippen LogP contribution is -2.54. The molecule has 1 fully saturated rings. The standard InChI is InChI=1S/C22H24Cl2N6O3/c1-11(2)16-17(12(3)5-6-25-16)30-20-14(9-15(23)18(24)26-20)19(27-21(30)31)29-8-7-28(22(32)33)10-13(29)4/h5-6,9,11,13H,7-8,10H2,1-4H3,(H,32,33)/t13-/m0/s1. The SMILES string of the molecule is Cc1ccnc(C(C)C)c1-n1c(=O)nc(N2CCN(C(=O)O)C[C@@H]2C)c2cc(Cl)c(Cl)nc21. The maximum Gasteiger partial charge on any atom is 0.407 e. The summed E-state index contributed by atoms with van der Waals surface area (Å²) in [6.07, 6.45) is 0.740. The van der Waals surface area contributed by atoms with Crippen molar-refractivity contribution in [3.63, 3.8) is 0 Å². The van der Waals surface area contributed by atoms with Crippen molar-refractivity contribution in [1.82, 2.24) is 24.4 Å². The molecule has 1 amide bonds. The van der Waals surface area contributed by atoms with Gasteiger partial charge in [-0.15, -0.1) is 0 Å². The third-order valence-electron chi connectivity index (χ3n) is 5.85. The maximum absolute atomic E-state index is 13.5. The summed E-state index contributed by atoms with van der Waals surface area (Å²) in [6, 6.07) is 3.28. The molecule has 0 aromatic carbocycles. The van der Waals surface area contributed by atoms with Crippen molar-refractivity contribution in [2.75, 3.05) is 24.5 Å². The lowest BCUT2D eigenvalue weighted by molar-refractivity contribution is 0.136. The number of rotatable bonds is 3. The molecule has 3 aromatic heterocycles. The highest BCUT2D eigenvalue weighted by molar-refractivity contribution is 6.41. The van der Waals surface area contributed by atoms with Crippen LogP contribution in [0.2, 0.25) is 10.2 Å². The van der Waals surface area contributed by atoms with E-state index in [1.54, 1.807) is 12.3 Å². The minimum Gasteiger partial charge on any atom is -0.465 e.